The zero-order valence-corrected chi connectivity index (χ0v) is 12.0. The summed E-state index contributed by atoms with van der Waals surface area (Å²) >= 11 is 0. The topological polar surface area (TPSA) is 48.3 Å². The summed E-state index contributed by atoms with van der Waals surface area (Å²) in [7, 11) is 1.91. The molecular weight excluding hydrogens is 254 g/mol. The zero-order valence-electron chi connectivity index (χ0n) is 12.0. The summed E-state index contributed by atoms with van der Waals surface area (Å²) in [5.74, 6) is 1.58. The van der Waals surface area contributed by atoms with E-state index in [1.807, 2.05) is 50.5 Å². The summed E-state index contributed by atoms with van der Waals surface area (Å²) in [5.41, 5.74) is 1.03. The van der Waals surface area contributed by atoms with Gasteiger partial charge >= 0.3 is 0 Å². The minimum Gasteiger partial charge on any atom is -0.490 e. The molecule has 5 heteroatoms. The van der Waals surface area contributed by atoms with Crippen LogP contribution in [0, 0.1) is 0 Å². The maximum atomic E-state index is 5.72. The molecule has 0 radical (unpaired) electrons. The van der Waals surface area contributed by atoms with E-state index in [0.717, 1.165) is 30.3 Å². The molecule has 0 unspecified atom stereocenters. The van der Waals surface area contributed by atoms with Crippen LogP contribution in [0.4, 0.5) is 0 Å². The molecule has 2 rings (SSSR count). The molecule has 1 aromatic heterocycles. The van der Waals surface area contributed by atoms with Crippen molar-refractivity contribution in [2.45, 2.75) is 13.5 Å². The van der Waals surface area contributed by atoms with Crippen LogP contribution >= 0.6 is 0 Å². The second kappa shape index (κ2) is 7.55. The Hall–Kier alpha value is -2.01. The molecule has 0 aliphatic carbocycles. The highest BCUT2D eigenvalue weighted by molar-refractivity contribution is 5.39. The molecule has 2 aromatic rings. The highest BCUT2D eigenvalue weighted by Crippen LogP contribution is 2.25. The van der Waals surface area contributed by atoms with Crippen molar-refractivity contribution in [1.82, 2.24) is 15.1 Å². The van der Waals surface area contributed by atoms with Gasteiger partial charge in [-0.2, -0.15) is 5.10 Å². The van der Waals surface area contributed by atoms with E-state index >= 15 is 0 Å². The van der Waals surface area contributed by atoms with Crippen LogP contribution in [0.25, 0.3) is 0 Å². The summed E-state index contributed by atoms with van der Waals surface area (Å²) < 4.78 is 13.0. The Kier molecular flexibility index (Phi) is 5.43. The third-order valence-corrected chi connectivity index (χ3v) is 2.76. The van der Waals surface area contributed by atoms with Gasteiger partial charge in [-0.15, -0.1) is 0 Å². The Balaban J connectivity index is 1.70. The SMILES string of the molecule is CCOc1ccccc1OCCNCc1ccn(C)n1. The van der Waals surface area contributed by atoms with Crippen molar-refractivity contribution in [2.75, 3.05) is 19.8 Å². The van der Waals surface area contributed by atoms with E-state index in [1.165, 1.54) is 0 Å². The van der Waals surface area contributed by atoms with E-state index in [4.69, 9.17) is 9.47 Å². The van der Waals surface area contributed by atoms with Crippen LogP contribution in [0.3, 0.4) is 0 Å². The van der Waals surface area contributed by atoms with Gasteiger partial charge in [0.2, 0.25) is 0 Å². The van der Waals surface area contributed by atoms with Gasteiger partial charge in [-0.25, -0.2) is 0 Å². The van der Waals surface area contributed by atoms with Gasteiger partial charge in [0.1, 0.15) is 6.61 Å². The van der Waals surface area contributed by atoms with Crippen LogP contribution < -0.4 is 14.8 Å². The van der Waals surface area contributed by atoms with Crippen molar-refractivity contribution in [3.05, 3.63) is 42.2 Å². The molecule has 1 N–H and O–H groups in total. The summed E-state index contributed by atoms with van der Waals surface area (Å²) in [4.78, 5) is 0. The number of rotatable bonds is 8. The lowest BCUT2D eigenvalue weighted by molar-refractivity contribution is 0.275. The van der Waals surface area contributed by atoms with Gasteiger partial charge in [-0.05, 0) is 25.1 Å². The molecular formula is C15H21N3O2. The molecule has 5 nitrogen and oxygen atoms in total. The lowest BCUT2D eigenvalue weighted by atomic mass is 10.3. The second-order valence-electron chi connectivity index (χ2n) is 4.39. The fourth-order valence-corrected chi connectivity index (χ4v) is 1.85. The average molecular weight is 275 g/mol. The van der Waals surface area contributed by atoms with Crippen LogP contribution in [0.5, 0.6) is 11.5 Å². The third-order valence-electron chi connectivity index (χ3n) is 2.76. The van der Waals surface area contributed by atoms with Crippen molar-refractivity contribution < 1.29 is 9.47 Å². The van der Waals surface area contributed by atoms with Gasteiger partial charge in [0.25, 0.3) is 0 Å². The number of nitrogens with one attached hydrogen (secondary N) is 1. The monoisotopic (exact) mass is 275 g/mol. The minimum atomic E-state index is 0.594. The van der Waals surface area contributed by atoms with Crippen LogP contribution in [-0.4, -0.2) is 29.5 Å². The summed E-state index contributed by atoms with van der Waals surface area (Å²) in [6.45, 7) is 4.70. The molecule has 20 heavy (non-hydrogen) atoms. The normalized spacial score (nSPS) is 10.5. The quantitative estimate of drug-likeness (QED) is 0.748. The van der Waals surface area contributed by atoms with E-state index < -0.39 is 0 Å². The van der Waals surface area contributed by atoms with Crippen LogP contribution in [-0.2, 0) is 13.6 Å². The molecule has 0 fully saturated rings. The van der Waals surface area contributed by atoms with Crippen molar-refractivity contribution in [1.29, 1.82) is 0 Å². The van der Waals surface area contributed by atoms with Gasteiger partial charge in [-0.3, -0.25) is 4.68 Å². The lowest BCUT2D eigenvalue weighted by Gasteiger charge is -2.11. The highest BCUT2D eigenvalue weighted by Gasteiger charge is 2.03. The van der Waals surface area contributed by atoms with Crippen LogP contribution in [0.15, 0.2) is 36.5 Å². The van der Waals surface area contributed by atoms with Gasteiger partial charge in [-0.1, -0.05) is 12.1 Å². The number of benzene rings is 1. The van der Waals surface area contributed by atoms with Crippen molar-refractivity contribution in [3.8, 4) is 11.5 Å². The van der Waals surface area contributed by atoms with E-state index in [-0.39, 0.29) is 0 Å². The molecule has 0 spiro atoms. The fraction of sp³-hybridized carbons (Fsp3) is 0.400. The average Bonchev–Trinajstić information content (AvgIpc) is 2.86. The first-order valence-corrected chi connectivity index (χ1v) is 6.83. The summed E-state index contributed by atoms with van der Waals surface area (Å²) in [6, 6.07) is 9.72. The Morgan fingerprint density at radius 2 is 1.90 bits per heavy atom. The fourth-order valence-electron chi connectivity index (χ4n) is 1.85. The Morgan fingerprint density at radius 1 is 1.15 bits per heavy atom. The molecule has 0 bridgehead atoms. The Morgan fingerprint density at radius 3 is 2.55 bits per heavy atom. The molecule has 1 aromatic carbocycles. The van der Waals surface area contributed by atoms with E-state index in [0.29, 0.717) is 13.2 Å². The van der Waals surface area contributed by atoms with Gasteiger partial charge < -0.3 is 14.8 Å². The lowest BCUT2D eigenvalue weighted by Crippen LogP contribution is -2.21. The second-order valence-corrected chi connectivity index (χ2v) is 4.39. The standard InChI is InChI=1S/C15H21N3O2/c1-3-19-14-6-4-5-7-15(14)20-11-9-16-12-13-8-10-18(2)17-13/h4-8,10,16H,3,9,11-12H2,1-2H3. The predicted molar refractivity (Wildman–Crippen MR) is 78.0 cm³/mol. The number of para-hydroxylation sites is 2. The smallest absolute Gasteiger partial charge is 0.161 e. The zero-order chi connectivity index (χ0) is 14.2. The Labute approximate surface area is 119 Å². The molecule has 0 saturated carbocycles. The van der Waals surface area contributed by atoms with Crippen LogP contribution in [0.2, 0.25) is 0 Å². The number of hydrogen-bond donors (Lipinski definition) is 1. The van der Waals surface area contributed by atoms with E-state index in [1.54, 1.807) is 4.68 Å². The van der Waals surface area contributed by atoms with Gasteiger partial charge in [0, 0.05) is 26.3 Å². The van der Waals surface area contributed by atoms with E-state index in [9.17, 15) is 0 Å². The molecule has 0 amide bonds. The first-order chi connectivity index (χ1) is 9.79. The minimum absolute atomic E-state index is 0.594. The molecule has 0 saturated heterocycles. The molecule has 0 aliphatic rings. The number of aromatic nitrogens is 2. The molecule has 1 heterocycles. The van der Waals surface area contributed by atoms with Crippen molar-refractivity contribution in [3.63, 3.8) is 0 Å². The van der Waals surface area contributed by atoms with Crippen LogP contribution in [0.1, 0.15) is 12.6 Å². The first-order valence-electron chi connectivity index (χ1n) is 6.83. The van der Waals surface area contributed by atoms with Gasteiger partial charge in [0.05, 0.1) is 12.3 Å². The maximum absolute atomic E-state index is 5.72. The number of nitrogens with zero attached hydrogens (tertiary/aromatic N) is 2. The summed E-state index contributed by atoms with van der Waals surface area (Å²) in [5, 5.41) is 7.59. The van der Waals surface area contributed by atoms with Gasteiger partial charge in [0.15, 0.2) is 11.5 Å². The first kappa shape index (κ1) is 14.4. The highest BCUT2D eigenvalue weighted by atomic mass is 16.5. The number of ether oxygens (including phenoxy) is 2. The predicted octanol–water partition coefficient (Wildman–Crippen LogP) is 1.99. The number of aryl methyl sites for hydroxylation is 1. The molecule has 0 atom stereocenters. The largest absolute Gasteiger partial charge is 0.490 e. The summed E-state index contributed by atoms with van der Waals surface area (Å²) in [6.07, 6.45) is 1.94. The van der Waals surface area contributed by atoms with Crippen molar-refractivity contribution in [2.24, 2.45) is 7.05 Å². The number of hydrogen-bond acceptors (Lipinski definition) is 4. The molecule has 0 aliphatic heterocycles. The molecule has 108 valence electrons. The maximum Gasteiger partial charge on any atom is 0.161 e. The Bertz CT molecular complexity index is 525. The van der Waals surface area contributed by atoms with Crippen molar-refractivity contribution >= 4 is 0 Å². The van der Waals surface area contributed by atoms with E-state index in [2.05, 4.69) is 10.4 Å². The third kappa shape index (κ3) is 4.28.